The predicted octanol–water partition coefficient (Wildman–Crippen LogP) is 2.62. The van der Waals surface area contributed by atoms with E-state index in [0.717, 1.165) is 62.4 Å². The smallest absolute Gasteiger partial charge is 0.236 e. The highest BCUT2D eigenvalue weighted by Gasteiger charge is 2.31. The van der Waals surface area contributed by atoms with E-state index in [1.165, 1.54) is 47.9 Å². The first kappa shape index (κ1) is 18.2. The number of carbonyl (C=O) groups excluding carboxylic acids is 1. The molecule has 0 spiro atoms. The highest BCUT2D eigenvalue weighted by Crippen LogP contribution is 2.40. The molecule has 2 aliphatic carbocycles. The number of hydrogen-bond donors (Lipinski definition) is 0. The van der Waals surface area contributed by atoms with E-state index < -0.39 is 0 Å². The second kappa shape index (κ2) is 7.29. The molecule has 2 aromatic heterocycles. The van der Waals surface area contributed by atoms with Gasteiger partial charge in [-0.1, -0.05) is 6.42 Å². The van der Waals surface area contributed by atoms with Crippen molar-refractivity contribution in [1.82, 2.24) is 24.7 Å². The summed E-state index contributed by atoms with van der Waals surface area (Å²) in [4.78, 5) is 31.9. The maximum atomic E-state index is 12.9. The first-order valence-electron chi connectivity index (χ1n) is 11.3. The molecule has 0 N–H and O–H groups in total. The predicted molar refractivity (Wildman–Crippen MR) is 114 cm³/mol. The highest BCUT2D eigenvalue weighted by molar-refractivity contribution is 7.18. The van der Waals surface area contributed by atoms with E-state index in [0.29, 0.717) is 18.4 Å². The van der Waals surface area contributed by atoms with E-state index in [9.17, 15) is 4.79 Å². The molecular formula is C22H29N5OS. The second-order valence-electron chi connectivity index (χ2n) is 9.19. The maximum absolute atomic E-state index is 12.9. The van der Waals surface area contributed by atoms with Crippen LogP contribution in [0.1, 0.15) is 54.3 Å². The standard InChI is InChI=1S/C22H29N5OS/c28-20(27-10-8-26(9-11-27)16-2-1-3-16)14-25-7-6-17-18-12-23-21(15-4-5-15)24-22(18)29-19(17)13-25/h12,15-16H,1-11,13-14H2. The average molecular weight is 412 g/mol. The van der Waals surface area contributed by atoms with Crippen LogP contribution >= 0.6 is 11.3 Å². The number of fused-ring (bicyclic) bond motifs is 3. The largest absolute Gasteiger partial charge is 0.339 e. The van der Waals surface area contributed by atoms with E-state index in [-0.39, 0.29) is 0 Å². The van der Waals surface area contributed by atoms with Gasteiger partial charge in [0, 0.05) is 67.7 Å². The normalized spacial score (nSPS) is 23.9. The van der Waals surface area contributed by atoms with Crippen LogP contribution in [-0.4, -0.2) is 75.9 Å². The fraction of sp³-hybridized carbons (Fsp3) is 0.682. The van der Waals surface area contributed by atoms with Crippen LogP contribution in [-0.2, 0) is 17.8 Å². The lowest BCUT2D eigenvalue weighted by Crippen LogP contribution is -2.55. The number of amides is 1. The van der Waals surface area contributed by atoms with Crippen molar-refractivity contribution in [2.24, 2.45) is 0 Å². The number of piperazine rings is 1. The van der Waals surface area contributed by atoms with Crippen molar-refractivity contribution in [1.29, 1.82) is 0 Å². The van der Waals surface area contributed by atoms with Gasteiger partial charge in [0.25, 0.3) is 0 Å². The van der Waals surface area contributed by atoms with Crippen molar-refractivity contribution < 1.29 is 4.79 Å². The molecule has 0 atom stereocenters. The first-order valence-corrected chi connectivity index (χ1v) is 12.1. The van der Waals surface area contributed by atoms with Gasteiger partial charge in [0.15, 0.2) is 0 Å². The molecule has 2 aromatic rings. The minimum absolute atomic E-state index is 0.304. The molecule has 2 aliphatic heterocycles. The van der Waals surface area contributed by atoms with E-state index >= 15 is 0 Å². The highest BCUT2D eigenvalue weighted by atomic mass is 32.1. The molecule has 0 bridgehead atoms. The van der Waals surface area contributed by atoms with Crippen LogP contribution in [0, 0.1) is 0 Å². The summed E-state index contributed by atoms with van der Waals surface area (Å²) in [6.07, 6.45) is 9.62. The molecule has 7 heteroatoms. The number of hydrogen-bond acceptors (Lipinski definition) is 6. The van der Waals surface area contributed by atoms with Crippen molar-refractivity contribution in [2.75, 3.05) is 39.3 Å². The molecule has 1 saturated heterocycles. The fourth-order valence-corrected chi connectivity index (χ4v) is 6.24. The molecule has 0 radical (unpaired) electrons. The summed E-state index contributed by atoms with van der Waals surface area (Å²) >= 11 is 1.81. The Labute approximate surface area is 175 Å². The Morgan fingerprint density at radius 2 is 1.93 bits per heavy atom. The van der Waals surface area contributed by atoms with E-state index in [1.807, 2.05) is 17.5 Å². The van der Waals surface area contributed by atoms with Gasteiger partial charge in [0.1, 0.15) is 10.7 Å². The van der Waals surface area contributed by atoms with Gasteiger partial charge in [-0.05, 0) is 37.7 Å². The zero-order valence-corrected chi connectivity index (χ0v) is 17.8. The minimum Gasteiger partial charge on any atom is -0.339 e. The van der Waals surface area contributed by atoms with Crippen LogP contribution in [0.4, 0.5) is 0 Å². The van der Waals surface area contributed by atoms with Crippen molar-refractivity contribution in [2.45, 2.75) is 57.0 Å². The summed E-state index contributed by atoms with van der Waals surface area (Å²) in [6.45, 7) is 6.29. The zero-order chi connectivity index (χ0) is 19.4. The molecule has 154 valence electrons. The van der Waals surface area contributed by atoms with Gasteiger partial charge in [-0.25, -0.2) is 9.97 Å². The van der Waals surface area contributed by atoms with Crippen LogP contribution < -0.4 is 0 Å². The molecule has 1 amide bonds. The van der Waals surface area contributed by atoms with Crippen molar-refractivity contribution in [3.8, 4) is 0 Å². The van der Waals surface area contributed by atoms with Crippen LogP contribution in [0.15, 0.2) is 6.20 Å². The van der Waals surface area contributed by atoms with Gasteiger partial charge >= 0.3 is 0 Å². The first-order chi connectivity index (χ1) is 14.2. The Balaban J connectivity index is 1.09. The number of carbonyl (C=O) groups is 1. The summed E-state index contributed by atoms with van der Waals surface area (Å²) in [5.41, 5.74) is 1.42. The summed E-state index contributed by atoms with van der Waals surface area (Å²) < 4.78 is 0. The maximum Gasteiger partial charge on any atom is 0.236 e. The molecule has 29 heavy (non-hydrogen) atoms. The Hall–Kier alpha value is -1.57. The van der Waals surface area contributed by atoms with Gasteiger partial charge < -0.3 is 4.90 Å². The minimum atomic E-state index is 0.304. The van der Waals surface area contributed by atoms with Crippen molar-refractivity contribution in [3.63, 3.8) is 0 Å². The van der Waals surface area contributed by atoms with Crippen molar-refractivity contribution in [3.05, 3.63) is 22.5 Å². The lowest BCUT2D eigenvalue weighted by Gasteiger charge is -2.43. The lowest BCUT2D eigenvalue weighted by atomic mass is 9.91. The molecule has 0 aromatic carbocycles. The topological polar surface area (TPSA) is 52.6 Å². The third-order valence-corrected chi connectivity index (χ3v) is 8.39. The molecule has 6 rings (SSSR count). The van der Waals surface area contributed by atoms with Crippen molar-refractivity contribution >= 4 is 27.5 Å². The Kier molecular flexibility index (Phi) is 4.58. The van der Waals surface area contributed by atoms with Crippen LogP contribution in [0.5, 0.6) is 0 Å². The number of thiophene rings is 1. The Morgan fingerprint density at radius 3 is 2.66 bits per heavy atom. The van der Waals surface area contributed by atoms with Gasteiger partial charge in [0.05, 0.1) is 6.54 Å². The molecule has 4 aliphatic rings. The summed E-state index contributed by atoms with van der Waals surface area (Å²) in [5, 5.41) is 1.24. The fourth-order valence-electron chi connectivity index (χ4n) is 5.00. The van der Waals surface area contributed by atoms with Crippen LogP contribution in [0.3, 0.4) is 0 Å². The van der Waals surface area contributed by atoms with E-state index in [4.69, 9.17) is 4.98 Å². The SMILES string of the molecule is O=C(CN1CCc2c(sc3nc(C4CC4)ncc23)C1)N1CCN(C2CCC2)CC1. The van der Waals surface area contributed by atoms with E-state index in [2.05, 4.69) is 19.7 Å². The summed E-state index contributed by atoms with van der Waals surface area (Å²) in [7, 11) is 0. The van der Waals surface area contributed by atoms with Gasteiger partial charge in [0.2, 0.25) is 5.91 Å². The van der Waals surface area contributed by atoms with Gasteiger partial charge in [-0.15, -0.1) is 11.3 Å². The molecule has 3 fully saturated rings. The Bertz CT molecular complexity index is 927. The van der Waals surface area contributed by atoms with E-state index in [1.54, 1.807) is 0 Å². The number of rotatable bonds is 4. The lowest BCUT2D eigenvalue weighted by molar-refractivity contribution is -0.135. The third-order valence-electron chi connectivity index (χ3n) is 7.26. The summed E-state index contributed by atoms with van der Waals surface area (Å²) in [6, 6.07) is 0.796. The quantitative estimate of drug-likeness (QED) is 0.774. The van der Waals surface area contributed by atoms with Crippen LogP contribution in [0.2, 0.25) is 0 Å². The van der Waals surface area contributed by atoms with Crippen LogP contribution in [0.25, 0.3) is 10.2 Å². The molecule has 0 unspecified atom stereocenters. The molecule has 4 heterocycles. The molecule has 2 saturated carbocycles. The second-order valence-corrected chi connectivity index (χ2v) is 10.3. The summed E-state index contributed by atoms with van der Waals surface area (Å²) in [5.74, 6) is 1.93. The third kappa shape index (κ3) is 3.47. The monoisotopic (exact) mass is 411 g/mol. The number of nitrogens with zero attached hydrogens (tertiary/aromatic N) is 5. The molecule has 6 nitrogen and oxygen atoms in total. The number of aromatic nitrogens is 2. The average Bonchev–Trinajstić information content (AvgIpc) is 3.48. The molecular weight excluding hydrogens is 382 g/mol. The van der Waals surface area contributed by atoms with Gasteiger partial charge in [-0.2, -0.15) is 0 Å². The zero-order valence-electron chi connectivity index (χ0n) is 17.0. The Morgan fingerprint density at radius 1 is 1.10 bits per heavy atom. The van der Waals surface area contributed by atoms with Gasteiger partial charge in [-0.3, -0.25) is 14.6 Å².